The first-order chi connectivity index (χ1) is 22.0. The molecule has 0 aliphatic heterocycles. The number of benzene rings is 2. The molecule has 2 aromatic heterocycles. The van der Waals surface area contributed by atoms with Crippen molar-refractivity contribution in [2.24, 2.45) is 14.1 Å². The van der Waals surface area contributed by atoms with Crippen LogP contribution in [0.15, 0.2) is 80.8 Å². The number of ketones is 4. The van der Waals surface area contributed by atoms with Crippen LogP contribution in [-0.2, 0) is 42.7 Å². The van der Waals surface area contributed by atoms with Gasteiger partial charge in [0.05, 0.1) is 26.1 Å². The minimum Gasteiger partial charge on any atom is -0.460 e. The number of nitrogens with zero attached hydrogens (tertiary/aromatic N) is 6. The van der Waals surface area contributed by atoms with Gasteiger partial charge in [-0.3, -0.25) is 19.2 Å². The zero-order valence-corrected chi connectivity index (χ0v) is 27.0. The summed E-state index contributed by atoms with van der Waals surface area (Å²) < 4.78 is 12.0. The summed E-state index contributed by atoms with van der Waals surface area (Å²) in [5.74, 6) is -5.25. The lowest BCUT2D eigenvalue weighted by molar-refractivity contribution is -0.153. The van der Waals surface area contributed by atoms with Crippen molar-refractivity contribution in [3.05, 3.63) is 72.3 Å². The van der Waals surface area contributed by atoms with E-state index in [2.05, 4.69) is 29.6 Å². The van der Waals surface area contributed by atoms with Crippen LogP contribution in [-0.4, -0.2) is 77.8 Å². The molecule has 46 heavy (non-hydrogen) atoms. The van der Waals surface area contributed by atoms with Gasteiger partial charge < -0.3 is 9.47 Å². The van der Waals surface area contributed by atoms with Gasteiger partial charge in [0.25, 0.3) is 0 Å². The quantitative estimate of drug-likeness (QED) is 0.0826. The molecule has 0 radical (unpaired) electrons. The Bertz CT molecular complexity index is 1580. The number of ether oxygens (including phenoxy) is 2. The molecule has 0 amide bonds. The fraction of sp³-hybridized carbons (Fsp3) is 0.267. The summed E-state index contributed by atoms with van der Waals surface area (Å²) in [7, 11) is 3.31. The van der Waals surface area contributed by atoms with Crippen LogP contribution in [0.1, 0.15) is 47.9 Å². The molecule has 0 aliphatic carbocycles. The zero-order valence-electron chi connectivity index (χ0n) is 25.4. The normalized spacial score (nSPS) is 10.3. The number of carbonyl (C=O) groups is 6. The number of aromatic nitrogens is 6. The second-order valence-electron chi connectivity index (χ2n) is 9.00. The second kappa shape index (κ2) is 17.5. The molecule has 0 bridgehead atoms. The lowest BCUT2D eigenvalue weighted by Crippen LogP contribution is -2.21. The molecule has 0 unspecified atom stereocenters. The SMILES string of the molecule is CCOC(=O)C(=O)CC(=O)c1nc(Sc2ccccc2)n(C)n1.CCOC(=O)C(=O)CC(=O)c1nc(Sc2ccccc2)n(C)n1. The van der Waals surface area contributed by atoms with Gasteiger partial charge >= 0.3 is 11.9 Å². The third-order valence-electron chi connectivity index (χ3n) is 5.50. The zero-order chi connectivity index (χ0) is 33.6. The average Bonchev–Trinajstić information content (AvgIpc) is 3.60. The van der Waals surface area contributed by atoms with Crippen molar-refractivity contribution < 1.29 is 38.2 Å². The van der Waals surface area contributed by atoms with E-state index in [4.69, 9.17) is 0 Å². The minimum absolute atomic E-state index is 0.0818. The first-order valence-electron chi connectivity index (χ1n) is 13.8. The number of hydrogen-bond donors (Lipinski definition) is 0. The summed E-state index contributed by atoms with van der Waals surface area (Å²) in [5.41, 5.74) is 0. The van der Waals surface area contributed by atoms with Crippen LogP contribution in [0.4, 0.5) is 0 Å². The van der Waals surface area contributed by atoms with E-state index >= 15 is 0 Å². The number of rotatable bonds is 14. The molecule has 0 spiro atoms. The van der Waals surface area contributed by atoms with Crippen molar-refractivity contribution in [3.8, 4) is 0 Å². The van der Waals surface area contributed by atoms with Crippen molar-refractivity contribution in [3.63, 3.8) is 0 Å². The molecule has 0 saturated carbocycles. The van der Waals surface area contributed by atoms with Crippen LogP contribution in [0.5, 0.6) is 0 Å². The van der Waals surface area contributed by atoms with E-state index in [0.29, 0.717) is 10.3 Å². The van der Waals surface area contributed by atoms with Gasteiger partial charge in [0.2, 0.25) is 34.8 Å². The van der Waals surface area contributed by atoms with Crippen molar-refractivity contribution in [1.29, 1.82) is 0 Å². The van der Waals surface area contributed by atoms with Gasteiger partial charge in [0, 0.05) is 23.9 Å². The van der Waals surface area contributed by atoms with E-state index < -0.39 is 47.9 Å². The standard InChI is InChI=1S/2C15H15N3O4S/c2*1-3-22-14(21)12(20)9-11(19)13-16-15(18(2)17-13)23-10-7-5-4-6-8-10/h2*4-8H,3,9H2,1-2H3. The molecule has 4 aromatic rings. The number of esters is 2. The Labute approximate surface area is 272 Å². The third-order valence-corrected chi connectivity index (χ3v) is 7.59. The fourth-order valence-electron chi connectivity index (χ4n) is 3.36. The van der Waals surface area contributed by atoms with Gasteiger partial charge in [0.1, 0.15) is 0 Å². The van der Waals surface area contributed by atoms with Crippen LogP contribution in [0.3, 0.4) is 0 Å². The molecule has 0 saturated heterocycles. The van der Waals surface area contributed by atoms with Gasteiger partial charge in [-0.05, 0) is 38.1 Å². The number of hydrogen-bond acceptors (Lipinski definition) is 14. The summed E-state index contributed by atoms with van der Waals surface area (Å²) in [6.45, 7) is 3.33. The lowest BCUT2D eigenvalue weighted by Gasteiger charge is -1.98. The summed E-state index contributed by atoms with van der Waals surface area (Å²) in [6, 6.07) is 19.0. The predicted molar refractivity (Wildman–Crippen MR) is 164 cm³/mol. The Morgan fingerprint density at radius 2 is 0.957 bits per heavy atom. The Morgan fingerprint density at radius 1 is 0.609 bits per heavy atom. The van der Waals surface area contributed by atoms with E-state index in [-0.39, 0.29) is 24.9 Å². The van der Waals surface area contributed by atoms with Crippen LogP contribution in [0, 0.1) is 0 Å². The van der Waals surface area contributed by atoms with E-state index in [1.807, 2.05) is 60.7 Å². The average molecular weight is 667 g/mol. The molecule has 0 atom stereocenters. The van der Waals surface area contributed by atoms with E-state index in [0.717, 1.165) is 9.79 Å². The van der Waals surface area contributed by atoms with Crippen LogP contribution in [0.2, 0.25) is 0 Å². The van der Waals surface area contributed by atoms with Crippen LogP contribution < -0.4 is 0 Å². The van der Waals surface area contributed by atoms with Crippen LogP contribution in [0.25, 0.3) is 0 Å². The highest BCUT2D eigenvalue weighted by molar-refractivity contribution is 7.99. The molecular formula is C30H30N6O8S2. The summed E-state index contributed by atoms with van der Waals surface area (Å²) >= 11 is 2.69. The van der Waals surface area contributed by atoms with E-state index in [9.17, 15) is 28.8 Å². The molecule has 14 nitrogen and oxygen atoms in total. The van der Waals surface area contributed by atoms with Crippen molar-refractivity contribution in [1.82, 2.24) is 29.5 Å². The highest BCUT2D eigenvalue weighted by Gasteiger charge is 2.25. The predicted octanol–water partition coefficient (Wildman–Crippen LogP) is 3.34. The topological polar surface area (TPSA) is 182 Å². The maximum atomic E-state index is 12.0. The van der Waals surface area contributed by atoms with E-state index in [1.165, 1.54) is 32.9 Å². The van der Waals surface area contributed by atoms with Gasteiger partial charge in [-0.2, -0.15) is 9.97 Å². The third kappa shape index (κ3) is 10.6. The summed E-state index contributed by atoms with van der Waals surface area (Å²) in [5, 5.41) is 9.03. The first-order valence-corrected chi connectivity index (χ1v) is 15.4. The maximum Gasteiger partial charge on any atom is 0.375 e. The Hall–Kier alpha value is -4.96. The second-order valence-corrected chi connectivity index (χ2v) is 11.1. The molecule has 2 aromatic carbocycles. The molecule has 2 heterocycles. The Balaban J connectivity index is 0.000000250. The molecule has 240 valence electrons. The number of carbonyl (C=O) groups excluding carboxylic acids is 6. The number of Topliss-reactive ketones (excluding diaryl/α,β-unsaturated/α-hetero) is 4. The maximum absolute atomic E-state index is 12.0. The van der Waals surface area contributed by atoms with Crippen molar-refractivity contribution in [2.45, 2.75) is 46.8 Å². The highest BCUT2D eigenvalue weighted by Crippen LogP contribution is 2.26. The number of aryl methyl sites for hydroxylation is 2. The molecule has 0 aliphatic rings. The van der Waals surface area contributed by atoms with Gasteiger partial charge in [-0.15, -0.1) is 10.2 Å². The Morgan fingerprint density at radius 3 is 1.28 bits per heavy atom. The Kier molecular flexibility index (Phi) is 13.5. The van der Waals surface area contributed by atoms with Crippen molar-refractivity contribution in [2.75, 3.05) is 13.2 Å². The van der Waals surface area contributed by atoms with E-state index in [1.54, 1.807) is 27.9 Å². The van der Waals surface area contributed by atoms with Crippen molar-refractivity contribution >= 4 is 58.6 Å². The lowest BCUT2D eigenvalue weighted by atomic mass is 10.2. The molecule has 16 heteroatoms. The molecule has 0 N–H and O–H groups in total. The first kappa shape index (κ1) is 35.5. The van der Waals surface area contributed by atoms with Gasteiger partial charge in [-0.25, -0.2) is 19.0 Å². The smallest absolute Gasteiger partial charge is 0.375 e. The van der Waals surface area contributed by atoms with Gasteiger partial charge in [-0.1, -0.05) is 59.9 Å². The highest BCUT2D eigenvalue weighted by atomic mass is 32.2. The summed E-state index contributed by atoms with van der Waals surface area (Å²) in [6.07, 6.45) is -1.20. The molecule has 4 rings (SSSR count). The van der Waals surface area contributed by atoms with Gasteiger partial charge in [0.15, 0.2) is 10.3 Å². The minimum atomic E-state index is -1.02. The molecule has 0 fully saturated rings. The molecular weight excluding hydrogens is 636 g/mol. The fourth-order valence-corrected chi connectivity index (χ4v) is 4.98. The monoisotopic (exact) mass is 666 g/mol. The summed E-state index contributed by atoms with van der Waals surface area (Å²) in [4.78, 5) is 79.7. The largest absolute Gasteiger partial charge is 0.460 e. The van der Waals surface area contributed by atoms with Crippen LogP contribution >= 0.6 is 23.5 Å².